The standard InChI is InChI=1S/C17H27NO/c1-4-13-9-10-14(12-18-2)16(11-13)15-7-5-6-8-17(15)19-3/h5-8,13-14,16,18H,4,9-12H2,1-3H3. The van der Waals surface area contributed by atoms with E-state index in [2.05, 4.69) is 43.6 Å². The summed E-state index contributed by atoms with van der Waals surface area (Å²) < 4.78 is 5.57. The molecule has 3 atom stereocenters. The first-order chi connectivity index (χ1) is 9.30. The van der Waals surface area contributed by atoms with Gasteiger partial charge in [0.1, 0.15) is 5.75 Å². The lowest BCUT2D eigenvalue weighted by Gasteiger charge is -2.37. The van der Waals surface area contributed by atoms with Crippen LogP contribution in [0.1, 0.15) is 44.1 Å². The van der Waals surface area contributed by atoms with Crippen molar-refractivity contribution < 1.29 is 4.74 Å². The van der Waals surface area contributed by atoms with Crippen molar-refractivity contribution in [1.29, 1.82) is 0 Å². The number of benzene rings is 1. The smallest absolute Gasteiger partial charge is 0.122 e. The van der Waals surface area contributed by atoms with E-state index in [0.717, 1.165) is 24.1 Å². The molecular formula is C17H27NO. The average Bonchev–Trinajstić information content (AvgIpc) is 2.48. The first-order valence-corrected chi connectivity index (χ1v) is 7.57. The normalized spacial score (nSPS) is 27.2. The van der Waals surface area contributed by atoms with Crippen molar-refractivity contribution >= 4 is 0 Å². The SMILES string of the molecule is CCC1CCC(CNC)C(c2ccccc2OC)C1. The van der Waals surface area contributed by atoms with Crippen molar-refractivity contribution in [2.75, 3.05) is 20.7 Å². The van der Waals surface area contributed by atoms with E-state index in [9.17, 15) is 0 Å². The molecular weight excluding hydrogens is 234 g/mol. The van der Waals surface area contributed by atoms with E-state index >= 15 is 0 Å². The number of rotatable bonds is 5. The third-order valence-electron chi connectivity index (χ3n) is 4.68. The van der Waals surface area contributed by atoms with Crippen LogP contribution in [0.15, 0.2) is 24.3 Å². The Balaban J connectivity index is 2.25. The molecule has 106 valence electrons. The summed E-state index contributed by atoms with van der Waals surface area (Å²) in [6, 6.07) is 8.56. The molecule has 0 saturated heterocycles. The van der Waals surface area contributed by atoms with Gasteiger partial charge in [-0.05, 0) is 55.8 Å². The highest BCUT2D eigenvalue weighted by Gasteiger charge is 2.31. The molecule has 0 heterocycles. The van der Waals surface area contributed by atoms with Gasteiger partial charge in [0.25, 0.3) is 0 Å². The Morgan fingerprint density at radius 3 is 2.74 bits per heavy atom. The van der Waals surface area contributed by atoms with E-state index in [0.29, 0.717) is 5.92 Å². The number of ether oxygens (including phenoxy) is 1. The lowest BCUT2D eigenvalue weighted by Crippen LogP contribution is -2.30. The first kappa shape index (κ1) is 14.4. The van der Waals surface area contributed by atoms with Crippen molar-refractivity contribution in [3.05, 3.63) is 29.8 Å². The van der Waals surface area contributed by atoms with Crippen LogP contribution < -0.4 is 10.1 Å². The summed E-state index contributed by atoms with van der Waals surface area (Å²) in [7, 11) is 3.84. The molecule has 0 amide bonds. The van der Waals surface area contributed by atoms with Crippen LogP contribution in [-0.2, 0) is 0 Å². The summed E-state index contributed by atoms with van der Waals surface area (Å²) in [5.74, 6) is 3.32. The quantitative estimate of drug-likeness (QED) is 0.870. The van der Waals surface area contributed by atoms with Gasteiger partial charge in [-0.1, -0.05) is 38.0 Å². The zero-order valence-electron chi connectivity index (χ0n) is 12.5. The molecule has 0 aromatic heterocycles. The van der Waals surface area contributed by atoms with Crippen LogP contribution in [0.5, 0.6) is 5.75 Å². The molecule has 3 unspecified atom stereocenters. The van der Waals surface area contributed by atoms with Crippen molar-refractivity contribution in [1.82, 2.24) is 5.32 Å². The zero-order chi connectivity index (χ0) is 13.7. The van der Waals surface area contributed by atoms with Gasteiger partial charge in [-0.25, -0.2) is 0 Å². The van der Waals surface area contributed by atoms with Crippen LogP contribution >= 0.6 is 0 Å². The molecule has 1 aromatic rings. The Morgan fingerprint density at radius 1 is 1.26 bits per heavy atom. The second-order valence-electron chi connectivity index (χ2n) is 5.75. The van der Waals surface area contributed by atoms with Crippen molar-refractivity contribution in [3.63, 3.8) is 0 Å². The van der Waals surface area contributed by atoms with Gasteiger partial charge < -0.3 is 10.1 Å². The van der Waals surface area contributed by atoms with Gasteiger partial charge in [-0.2, -0.15) is 0 Å². The van der Waals surface area contributed by atoms with Crippen LogP contribution in [0.4, 0.5) is 0 Å². The molecule has 1 N–H and O–H groups in total. The minimum absolute atomic E-state index is 0.641. The molecule has 1 aliphatic rings. The van der Waals surface area contributed by atoms with Gasteiger partial charge in [0.05, 0.1) is 7.11 Å². The molecule has 0 bridgehead atoms. The Kier molecular flexibility index (Phi) is 5.26. The van der Waals surface area contributed by atoms with E-state index in [1.807, 2.05) is 0 Å². The lowest BCUT2D eigenvalue weighted by atomic mass is 9.70. The van der Waals surface area contributed by atoms with Gasteiger partial charge in [0, 0.05) is 0 Å². The molecule has 0 aliphatic heterocycles. The third kappa shape index (κ3) is 3.30. The zero-order valence-corrected chi connectivity index (χ0v) is 12.5. The van der Waals surface area contributed by atoms with Crippen LogP contribution in [0.2, 0.25) is 0 Å². The highest BCUT2D eigenvalue weighted by molar-refractivity contribution is 5.37. The van der Waals surface area contributed by atoms with Gasteiger partial charge in [-0.15, -0.1) is 0 Å². The van der Waals surface area contributed by atoms with Gasteiger partial charge in [0.2, 0.25) is 0 Å². The van der Waals surface area contributed by atoms with E-state index in [-0.39, 0.29) is 0 Å². The molecule has 2 heteroatoms. The van der Waals surface area contributed by atoms with Crippen molar-refractivity contribution in [2.45, 2.75) is 38.5 Å². The molecule has 1 aromatic carbocycles. The molecule has 1 fully saturated rings. The van der Waals surface area contributed by atoms with Crippen LogP contribution in [0.25, 0.3) is 0 Å². The highest BCUT2D eigenvalue weighted by Crippen LogP contribution is 2.44. The number of hydrogen-bond donors (Lipinski definition) is 1. The third-order valence-corrected chi connectivity index (χ3v) is 4.68. The number of hydrogen-bond acceptors (Lipinski definition) is 2. The summed E-state index contributed by atoms with van der Waals surface area (Å²) in [5, 5.41) is 3.37. The minimum atomic E-state index is 0.641. The summed E-state index contributed by atoms with van der Waals surface area (Å²) in [5.41, 5.74) is 1.41. The molecule has 2 rings (SSSR count). The Morgan fingerprint density at radius 2 is 2.05 bits per heavy atom. The van der Waals surface area contributed by atoms with E-state index < -0.39 is 0 Å². The van der Waals surface area contributed by atoms with Crippen molar-refractivity contribution in [3.8, 4) is 5.75 Å². The number of para-hydroxylation sites is 1. The maximum atomic E-state index is 5.57. The molecule has 0 spiro atoms. The maximum Gasteiger partial charge on any atom is 0.122 e. The van der Waals surface area contributed by atoms with Crippen molar-refractivity contribution in [2.24, 2.45) is 11.8 Å². The van der Waals surface area contributed by atoms with E-state index in [1.165, 1.54) is 31.2 Å². The summed E-state index contributed by atoms with van der Waals surface area (Å²) in [6.45, 7) is 3.43. The Labute approximate surface area is 117 Å². The monoisotopic (exact) mass is 261 g/mol. The van der Waals surface area contributed by atoms with Gasteiger partial charge >= 0.3 is 0 Å². The average molecular weight is 261 g/mol. The summed E-state index contributed by atoms with van der Waals surface area (Å²) in [4.78, 5) is 0. The molecule has 2 nitrogen and oxygen atoms in total. The second kappa shape index (κ2) is 6.95. The van der Waals surface area contributed by atoms with E-state index in [1.54, 1.807) is 7.11 Å². The predicted octanol–water partition coefficient (Wildman–Crippen LogP) is 3.82. The van der Waals surface area contributed by atoms with Gasteiger partial charge in [-0.3, -0.25) is 0 Å². The second-order valence-corrected chi connectivity index (χ2v) is 5.75. The Hall–Kier alpha value is -1.02. The Bertz CT molecular complexity index is 391. The van der Waals surface area contributed by atoms with Crippen LogP contribution in [0, 0.1) is 11.8 Å². The fourth-order valence-corrected chi connectivity index (χ4v) is 3.55. The number of methoxy groups -OCH3 is 1. The summed E-state index contributed by atoms with van der Waals surface area (Å²) in [6.07, 6.45) is 5.33. The van der Waals surface area contributed by atoms with Gasteiger partial charge in [0.15, 0.2) is 0 Å². The minimum Gasteiger partial charge on any atom is -0.496 e. The fourth-order valence-electron chi connectivity index (χ4n) is 3.55. The number of nitrogens with one attached hydrogen (secondary N) is 1. The van der Waals surface area contributed by atoms with Crippen LogP contribution in [0.3, 0.4) is 0 Å². The van der Waals surface area contributed by atoms with E-state index in [4.69, 9.17) is 4.74 Å². The predicted molar refractivity (Wildman–Crippen MR) is 80.8 cm³/mol. The topological polar surface area (TPSA) is 21.3 Å². The highest BCUT2D eigenvalue weighted by atomic mass is 16.5. The first-order valence-electron chi connectivity index (χ1n) is 7.57. The maximum absolute atomic E-state index is 5.57. The molecule has 0 radical (unpaired) electrons. The largest absolute Gasteiger partial charge is 0.496 e. The molecule has 19 heavy (non-hydrogen) atoms. The summed E-state index contributed by atoms with van der Waals surface area (Å²) >= 11 is 0. The molecule has 1 aliphatic carbocycles. The fraction of sp³-hybridized carbons (Fsp3) is 0.647. The van der Waals surface area contributed by atoms with Crippen LogP contribution in [-0.4, -0.2) is 20.7 Å². The molecule has 1 saturated carbocycles. The lowest BCUT2D eigenvalue weighted by molar-refractivity contribution is 0.224.